The summed E-state index contributed by atoms with van der Waals surface area (Å²) in [6.07, 6.45) is 0. The third-order valence-corrected chi connectivity index (χ3v) is 2.45. The molecule has 0 atom stereocenters. The van der Waals surface area contributed by atoms with Gasteiger partial charge in [0.15, 0.2) is 0 Å². The quantitative estimate of drug-likeness (QED) is 0.676. The van der Waals surface area contributed by atoms with Crippen LogP contribution in [0, 0.1) is 0 Å². The van der Waals surface area contributed by atoms with Gasteiger partial charge in [0.2, 0.25) is 0 Å². The highest BCUT2D eigenvalue weighted by molar-refractivity contribution is 5.94. The zero-order valence-electron chi connectivity index (χ0n) is 10.5. The standard InChI is InChI=1S/C15H14O4/c1-2-18-12-8-9-13(14(16)10-12)15(17)19-11-6-4-3-5-7-11/h3-10,16H,2H2,1H3. The average molecular weight is 258 g/mol. The fraction of sp³-hybridized carbons (Fsp3) is 0.133. The van der Waals surface area contributed by atoms with Crippen LogP contribution in [0.1, 0.15) is 17.3 Å². The summed E-state index contributed by atoms with van der Waals surface area (Å²) < 4.78 is 10.4. The molecule has 0 saturated heterocycles. The van der Waals surface area contributed by atoms with Crippen LogP contribution in [-0.2, 0) is 0 Å². The Bertz CT molecular complexity index is 564. The summed E-state index contributed by atoms with van der Waals surface area (Å²) in [6.45, 7) is 2.34. The van der Waals surface area contributed by atoms with Crippen LogP contribution in [0.5, 0.6) is 17.2 Å². The van der Waals surface area contributed by atoms with Crippen molar-refractivity contribution in [2.75, 3.05) is 6.61 Å². The lowest BCUT2D eigenvalue weighted by Gasteiger charge is -2.08. The van der Waals surface area contributed by atoms with E-state index in [0.29, 0.717) is 18.1 Å². The summed E-state index contributed by atoms with van der Waals surface area (Å²) in [5.41, 5.74) is 0.104. The summed E-state index contributed by atoms with van der Waals surface area (Å²) in [5.74, 6) is 0.177. The molecular formula is C15H14O4. The monoisotopic (exact) mass is 258 g/mol. The molecule has 19 heavy (non-hydrogen) atoms. The van der Waals surface area contributed by atoms with E-state index in [1.165, 1.54) is 12.1 Å². The normalized spacial score (nSPS) is 9.95. The number of esters is 1. The third-order valence-electron chi connectivity index (χ3n) is 2.45. The Kier molecular flexibility index (Phi) is 4.03. The van der Waals surface area contributed by atoms with E-state index in [0.717, 1.165) is 0 Å². The van der Waals surface area contributed by atoms with E-state index in [1.54, 1.807) is 30.3 Å². The predicted molar refractivity (Wildman–Crippen MR) is 70.7 cm³/mol. The Hall–Kier alpha value is -2.49. The second-order valence-electron chi connectivity index (χ2n) is 3.81. The first-order valence-electron chi connectivity index (χ1n) is 5.93. The van der Waals surface area contributed by atoms with Crippen molar-refractivity contribution in [3.8, 4) is 17.2 Å². The lowest BCUT2D eigenvalue weighted by Crippen LogP contribution is -2.08. The number of para-hydroxylation sites is 1. The second-order valence-corrected chi connectivity index (χ2v) is 3.81. The molecule has 0 aliphatic heterocycles. The Morgan fingerprint density at radius 3 is 2.47 bits per heavy atom. The van der Waals surface area contributed by atoms with E-state index in [-0.39, 0.29) is 11.3 Å². The van der Waals surface area contributed by atoms with Crippen LogP contribution < -0.4 is 9.47 Å². The maximum Gasteiger partial charge on any atom is 0.347 e. The van der Waals surface area contributed by atoms with Gasteiger partial charge in [-0.25, -0.2) is 4.79 Å². The number of rotatable bonds is 4. The van der Waals surface area contributed by atoms with Crippen molar-refractivity contribution in [3.05, 3.63) is 54.1 Å². The first kappa shape index (κ1) is 13.0. The van der Waals surface area contributed by atoms with Gasteiger partial charge < -0.3 is 14.6 Å². The largest absolute Gasteiger partial charge is 0.507 e. The van der Waals surface area contributed by atoms with Crippen molar-refractivity contribution in [1.29, 1.82) is 0 Å². The van der Waals surface area contributed by atoms with Gasteiger partial charge in [-0.2, -0.15) is 0 Å². The lowest BCUT2D eigenvalue weighted by molar-refractivity contribution is 0.0731. The Morgan fingerprint density at radius 1 is 1.11 bits per heavy atom. The van der Waals surface area contributed by atoms with Crippen LogP contribution in [-0.4, -0.2) is 17.7 Å². The van der Waals surface area contributed by atoms with Crippen LogP contribution >= 0.6 is 0 Å². The zero-order chi connectivity index (χ0) is 13.7. The minimum Gasteiger partial charge on any atom is -0.507 e. The van der Waals surface area contributed by atoms with Crippen molar-refractivity contribution in [3.63, 3.8) is 0 Å². The minimum atomic E-state index is -0.605. The fourth-order valence-electron chi connectivity index (χ4n) is 1.59. The maximum atomic E-state index is 11.9. The Labute approximate surface area is 111 Å². The Balaban J connectivity index is 2.15. The van der Waals surface area contributed by atoms with E-state index in [2.05, 4.69) is 0 Å². The highest BCUT2D eigenvalue weighted by Gasteiger charge is 2.14. The molecule has 0 amide bonds. The van der Waals surface area contributed by atoms with Crippen LogP contribution in [0.2, 0.25) is 0 Å². The number of ether oxygens (including phenoxy) is 2. The third kappa shape index (κ3) is 3.25. The van der Waals surface area contributed by atoms with E-state index < -0.39 is 5.97 Å². The zero-order valence-corrected chi connectivity index (χ0v) is 10.5. The summed E-state index contributed by atoms with van der Waals surface area (Å²) in [4.78, 5) is 11.9. The van der Waals surface area contributed by atoms with Gasteiger partial charge in [0.1, 0.15) is 22.8 Å². The average Bonchev–Trinajstić information content (AvgIpc) is 2.40. The van der Waals surface area contributed by atoms with Crippen molar-refractivity contribution < 1.29 is 19.4 Å². The number of hydrogen-bond donors (Lipinski definition) is 1. The number of hydrogen-bond acceptors (Lipinski definition) is 4. The van der Waals surface area contributed by atoms with Crippen LogP contribution in [0.25, 0.3) is 0 Å². The van der Waals surface area contributed by atoms with Crippen molar-refractivity contribution >= 4 is 5.97 Å². The number of phenolic OH excluding ortho intramolecular Hbond substituents is 1. The molecule has 0 aromatic heterocycles. The molecule has 0 spiro atoms. The van der Waals surface area contributed by atoms with Gasteiger partial charge in [-0.1, -0.05) is 18.2 Å². The van der Waals surface area contributed by atoms with E-state index in [1.807, 2.05) is 13.0 Å². The fourth-order valence-corrected chi connectivity index (χ4v) is 1.59. The molecule has 0 fully saturated rings. The molecular weight excluding hydrogens is 244 g/mol. The number of phenols is 1. The van der Waals surface area contributed by atoms with Gasteiger partial charge in [-0.3, -0.25) is 0 Å². The molecule has 0 aliphatic carbocycles. The smallest absolute Gasteiger partial charge is 0.347 e. The lowest BCUT2D eigenvalue weighted by atomic mass is 10.2. The summed E-state index contributed by atoms with van der Waals surface area (Å²) in [6, 6.07) is 13.2. The van der Waals surface area contributed by atoms with Crippen molar-refractivity contribution in [1.82, 2.24) is 0 Å². The van der Waals surface area contributed by atoms with Crippen LogP contribution in [0.15, 0.2) is 48.5 Å². The summed E-state index contributed by atoms with van der Waals surface area (Å²) >= 11 is 0. The number of benzene rings is 2. The molecule has 1 N–H and O–H groups in total. The predicted octanol–water partition coefficient (Wildman–Crippen LogP) is 3.01. The maximum absolute atomic E-state index is 11.9. The molecule has 0 bridgehead atoms. The molecule has 0 unspecified atom stereocenters. The molecule has 0 aliphatic rings. The van der Waals surface area contributed by atoms with Gasteiger partial charge in [0.25, 0.3) is 0 Å². The molecule has 4 nitrogen and oxygen atoms in total. The van der Waals surface area contributed by atoms with Crippen molar-refractivity contribution in [2.24, 2.45) is 0 Å². The van der Waals surface area contributed by atoms with Crippen LogP contribution in [0.3, 0.4) is 0 Å². The molecule has 98 valence electrons. The molecule has 0 heterocycles. The highest BCUT2D eigenvalue weighted by Crippen LogP contribution is 2.25. The molecule has 2 aromatic rings. The van der Waals surface area contributed by atoms with Gasteiger partial charge in [-0.05, 0) is 31.2 Å². The second kappa shape index (κ2) is 5.91. The Morgan fingerprint density at radius 2 is 1.84 bits per heavy atom. The number of aromatic hydroxyl groups is 1. The molecule has 2 rings (SSSR count). The van der Waals surface area contributed by atoms with E-state index in [4.69, 9.17) is 9.47 Å². The van der Waals surface area contributed by atoms with E-state index >= 15 is 0 Å². The number of carbonyl (C=O) groups is 1. The molecule has 4 heteroatoms. The molecule has 0 saturated carbocycles. The SMILES string of the molecule is CCOc1ccc(C(=O)Oc2ccccc2)c(O)c1. The highest BCUT2D eigenvalue weighted by atomic mass is 16.5. The van der Waals surface area contributed by atoms with E-state index in [9.17, 15) is 9.90 Å². The topological polar surface area (TPSA) is 55.8 Å². The van der Waals surface area contributed by atoms with Crippen LogP contribution in [0.4, 0.5) is 0 Å². The minimum absolute atomic E-state index is 0.104. The first-order chi connectivity index (χ1) is 9.20. The van der Waals surface area contributed by atoms with Crippen molar-refractivity contribution in [2.45, 2.75) is 6.92 Å². The molecule has 2 aromatic carbocycles. The summed E-state index contributed by atoms with van der Waals surface area (Å²) in [7, 11) is 0. The summed E-state index contributed by atoms with van der Waals surface area (Å²) in [5, 5.41) is 9.79. The van der Waals surface area contributed by atoms with Gasteiger partial charge in [0, 0.05) is 6.07 Å². The molecule has 0 radical (unpaired) electrons. The first-order valence-corrected chi connectivity index (χ1v) is 5.93. The van der Waals surface area contributed by atoms with Gasteiger partial charge in [-0.15, -0.1) is 0 Å². The van der Waals surface area contributed by atoms with Gasteiger partial charge >= 0.3 is 5.97 Å². The number of carbonyl (C=O) groups excluding carboxylic acids is 1. The van der Waals surface area contributed by atoms with Gasteiger partial charge in [0.05, 0.1) is 6.61 Å².